The molecule has 1 heterocycles. The largest absolute Gasteiger partial charge is 0.485 e. The summed E-state index contributed by atoms with van der Waals surface area (Å²) in [7, 11) is 0. The fourth-order valence-electron chi connectivity index (χ4n) is 2.36. The number of carbonyl (C=O) groups excluding carboxylic acids is 1. The molecule has 1 amide bonds. The van der Waals surface area contributed by atoms with Gasteiger partial charge in [-0.3, -0.25) is 4.79 Å². The van der Waals surface area contributed by atoms with Crippen LogP contribution in [0.4, 0.5) is 4.39 Å². The Morgan fingerprint density at radius 2 is 1.87 bits per heavy atom. The number of rotatable bonds is 10. The zero-order valence-corrected chi connectivity index (χ0v) is 17.8. The lowest BCUT2D eigenvalue weighted by atomic mass is 10.2. The summed E-state index contributed by atoms with van der Waals surface area (Å²) >= 11 is 11.4. The van der Waals surface area contributed by atoms with Gasteiger partial charge in [0.15, 0.2) is 13.2 Å². The van der Waals surface area contributed by atoms with Crippen LogP contribution < -0.4 is 14.8 Å². The SMILES string of the molecule is C=C(CCNC(=O)COc1ccc(Cl)c(F)c1)c1nc(COc2ccc(Cl)cc2)no1. The molecule has 0 aliphatic rings. The van der Waals surface area contributed by atoms with Crippen molar-refractivity contribution in [2.75, 3.05) is 13.2 Å². The smallest absolute Gasteiger partial charge is 0.257 e. The van der Waals surface area contributed by atoms with E-state index in [-0.39, 0.29) is 42.3 Å². The number of carbonyl (C=O) groups is 1. The van der Waals surface area contributed by atoms with Crippen molar-refractivity contribution in [2.24, 2.45) is 0 Å². The van der Waals surface area contributed by atoms with Crippen LogP contribution in [-0.2, 0) is 11.4 Å². The zero-order valence-electron chi connectivity index (χ0n) is 16.2. The van der Waals surface area contributed by atoms with Gasteiger partial charge in [0.25, 0.3) is 11.8 Å². The number of aromatic nitrogens is 2. The van der Waals surface area contributed by atoms with Crippen molar-refractivity contribution >= 4 is 34.7 Å². The number of benzene rings is 2. The molecular formula is C21H18Cl2FN3O4. The zero-order chi connectivity index (χ0) is 22.2. The third-order valence-corrected chi connectivity index (χ3v) is 4.52. The summed E-state index contributed by atoms with van der Waals surface area (Å²) in [5, 5.41) is 7.11. The molecule has 3 aromatic rings. The molecule has 0 fully saturated rings. The molecule has 0 spiro atoms. The van der Waals surface area contributed by atoms with E-state index in [1.54, 1.807) is 24.3 Å². The first-order valence-electron chi connectivity index (χ1n) is 9.14. The highest BCUT2D eigenvalue weighted by atomic mass is 35.5. The third kappa shape index (κ3) is 6.97. The van der Waals surface area contributed by atoms with E-state index < -0.39 is 5.82 Å². The van der Waals surface area contributed by atoms with Gasteiger partial charge in [-0.1, -0.05) is 34.9 Å². The van der Waals surface area contributed by atoms with Gasteiger partial charge in [-0.25, -0.2) is 4.39 Å². The predicted octanol–water partition coefficient (Wildman–Crippen LogP) is 4.69. The van der Waals surface area contributed by atoms with Crippen molar-refractivity contribution in [1.82, 2.24) is 15.5 Å². The average molecular weight is 466 g/mol. The molecule has 0 aliphatic heterocycles. The Hall–Kier alpha value is -3.10. The molecule has 10 heteroatoms. The van der Waals surface area contributed by atoms with Crippen LogP contribution >= 0.6 is 23.2 Å². The summed E-state index contributed by atoms with van der Waals surface area (Å²) in [4.78, 5) is 16.1. The van der Waals surface area contributed by atoms with E-state index >= 15 is 0 Å². The standard InChI is InChI=1S/C21H18Cl2FN3O4/c1-13(8-9-25-20(28)12-30-16-6-7-17(23)18(24)10-16)21-26-19(27-31-21)11-29-15-4-2-14(22)3-5-15/h2-7,10H,1,8-9,11-12H2,(H,25,28). The molecule has 0 aliphatic carbocycles. The summed E-state index contributed by atoms with van der Waals surface area (Å²) in [5.41, 5.74) is 0.561. The highest BCUT2D eigenvalue weighted by Crippen LogP contribution is 2.20. The maximum atomic E-state index is 13.4. The minimum atomic E-state index is -0.617. The Morgan fingerprint density at radius 3 is 2.61 bits per heavy atom. The normalized spacial score (nSPS) is 10.5. The fourth-order valence-corrected chi connectivity index (χ4v) is 2.60. The van der Waals surface area contributed by atoms with Gasteiger partial charge >= 0.3 is 0 Å². The van der Waals surface area contributed by atoms with E-state index in [1.807, 2.05) is 0 Å². The van der Waals surface area contributed by atoms with Crippen LogP contribution in [0, 0.1) is 5.82 Å². The lowest BCUT2D eigenvalue weighted by Crippen LogP contribution is -2.29. The van der Waals surface area contributed by atoms with Crippen molar-refractivity contribution in [3.63, 3.8) is 0 Å². The van der Waals surface area contributed by atoms with Crippen LogP contribution in [0.15, 0.2) is 53.6 Å². The highest BCUT2D eigenvalue weighted by Gasteiger charge is 2.11. The second-order valence-electron chi connectivity index (χ2n) is 6.33. The van der Waals surface area contributed by atoms with Crippen molar-refractivity contribution in [3.05, 3.63) is 76.6 Å². The molecule has 3 rings (SSSR count). The summed E-state index contributed by atoms with van der Waals surface area (Å²) < 4.78 is 29.3. The van der Waals surface area contributed by atoms with E-state index in [0.29, 0.717) is 28.6 Å². The van der Waals surface area contributed by atoms with E-state index in [9.17, 15) is 9.18 Å². The van der Waals surface area contributed by atoms with E-state index in [0.717, 1.165) is 6.07 Å². The van der Waals surface area contributed by atoms with Gasteiger partial charge in [0, 0.05) is 23.2 Å². The molecule has 0 saturated heterocycles. The van der Waals surface area contributed by atoms with Crippen LogP contribution in [0.2, 0.25) is 10.0 Å². The molecule has 0 atom stereocenters. The summed E-state index contributed by atoms with van der Waals surface area (Å²) in [6.45, 7) is 4.03. The number of hydrogen-bond donors (Lipinski definition) is 1. The summed E-state index contributed by atoms with van der Waals surface area (Å²) in [6.07, 6.45) is 0.390. The molecule has 31 heavy (non-hydrogen) atoms. The van der Waals surface area contributed by atoms with Crippen LogP contribution in [0.1, 0.15) is 18.1 Å². The molecule has 1 aromatic heterocycles. The van der Waals surface area contributed by atoms with Gasteiger partial charge in [-0.05, 0) is 42.8 Å². The van der Waals surface area contributed by atoms with Crippen molar-refractivity contribution in [2.45, 2.75) is 13.0 Å². The second kappa shape index (κ2) is 10.8. The molecule has 2 aromatic carbocycles. The van der Waals surface area contributed by atoms with Gasteiger partial charge in [0.1, 0.15) is 17.3 Å². The predicted molar refractivity (Wildman–Crippen MR) is 114 cm³/mol. The van der Waals surface area contributed by atoms with Gasteiger partial charge in [-0.15, -0.1) is 0 Å². The first-order chi connectivity index (χ1) is 14.9. The third-order valence-electron chi connectivity index (χ3n) is 3.96. The van der Waals surface area contributed by atoms with Gasteiger partial charge < -0.3 is 19.3 Å². The van der Waals surface area contributed by atoms with Crippen molar-refractivity contribution in [1.29, 1.82) is 0 Å². The minimum absolute atomic E-state index is 0.0176. The van der Waals surface area contributed by atoms with Crippen LogP contribution in [-0.4, -0.2) is 29.2 Å². The molecule has 0 bridgehead atoms. The molecular weight excluding hydrogens is 448 g/mol. The highest BCUT2D eigenvalue weighted by molar-refractivity contribution is 6.30. The first-order valence-corrected chi connectivity index (χ1v) is 9.90. The average Bonchev–Trinajstić information content (AvgIpc) is 3.23. The fraction of sp³-hybridized carbons (Fsp3) is 0.190. The molecule has 7 nitrogen and oxygen atoms in total. The number of halogens is 3. The maximum absolute atomic E-state index is 13.4. The Bertz CT molecular complexity index is 1060. The lowest BCUT2D eigenvalue weighted by molar-refractivity contribution is -0.123. The van der Waals surface area contributed by atoms with E-state index in [2.05, 4.69) is 22.0 Å². The number of amides is 1. The van der Waals surface area contributed by atoms with Gasteiger partial charge in [-0.2, -0.15) is 4.98 Å². The molecule has 1 N–H and O–H groups in total. The van der Waals surface area contributed by atoms with E-state index in [4.69, 9.17) is 37.2 Å². The molecule has 0 radical (unpaired) electrons. The van der Waals surface area contributed by atoms with Crippen LogP contribution in [0.5, 0.6) is 11.5 Å². The number of nitrogens with one attached hydrogen (secondary N) is 1. The van der Waals surface area contributed by atoms with Crippen molar-refractivity contribution < 1.29 is 23.2 Å². The maximum Gasteiger partial charge on any atom is 0.257 e. The van der Waals surface area contributed by atoms with E-state index in [1.165, 1.54) is 12.1 Å². The molecule has 162 valence electrons. The lowest BCUT2D eigenvalue weighted by Gasteiger charge is -2.08. The van der Waals surface area contributed by atoms with Gasteiger partial charge in [0.2, 0.25) is 5.82 Å². The Kier molecular flexibility index (Phi) is 7.86. The quantitative estimate of drug-likeness (QED) is 0.467. The summed E-state index contributed by atoms with van der Waals surface area (Å²) in [5.74, 6) is 0.469. The van der Waals surface area contributed by atoms with Crippen LogP contribution in [0.25, 0.3) is 5.57 Å². The number of nitrogens with zero attached hydrogens (tertiary/aromatic N) is 2. The number of hydrogen-bond acceptors (Lipinski definition) is 6. The molecule has 0 unspecified atom stereocenters. The topological polar surface area (TPSA) is 86.5 Å². The Balaban J connectivity index is 1.37. The number of ether oxygens (including phenoxy) is 2. The van der Waals surface area contributed by atoms with Gasteiger partial charge in [0.05, 0.1) is 5.02 Å². The summed E-state index contributed by atoms with van der Waals surface area (Å²) in [6, 6.07) is 10.8. The second-order valence-corrected chi connectivity index (χ2v) is 7.17. The Morgan fingerprint density at radius 1 is 1.13 bits per heavy atom. The molecule has 0 saturated carbocycles. The first kappa shape index (κ1) is 22.6. The van der Waals surface area contributed by atoms with Crippen molar-refractivity contribution in [3.8, 4) is 11.5 Å². The monoisotopic (exact) mass is 465 g/mol. The van der Waals surface area contributed by atoms with Crippen LogP contribution in [0.3, 0.4) is 0 Å². The Labute approximate surface area is 187 Å². The minimum Gasteiger partial charge on any atom is -0.485 e.